The van der Waals surface area contributed by atoms with Gasteiger partial charge in [0.1, 0.15) is 6.29 Å². The minimum atomic E-state index is 0.584. The van der Waals surface area contributed by atoms with E-state index in [1.54, 1.807) is 0 Å². The second-order valence-electron chi connectivity index (χ2n) is 4.78. The first-order valence-corrected chi connectivity index (χ1v) is 5.77. The molecule has 0 heterocycles. The van der Waals surface area contributed by atoms with E-state index in [0.29, 0.717) is 5.92 Å². The number of allylic oxidation sites excluding steroid dienone is 2. The summed E-state index contributed by atoms with van der Waals surface area (Å²) in [5.74, 6) is 0.584. The van der Waals surface area contributed by atoms with E-state index >= 15 is 0 Å². The molecule has 1 aromatic rings. The maximum Gasteiger partial charge on any atom is 0.150 e. The van der Waals surface area contributed by atoms with Crippen LogP contribution in [-0.4, -0.2) is 6.29 Å². The number of carbonyl (C=O) groups is 1. The Morgan fingerprint density at radius 3 is 2.19 bits per heavy atom. The number of rotatable bonds is 4. The van der Waals surface area contributed by atoms with Crippen molar-refractivity contribution in [2.24, 2.45) is 5.92 Å². The molecule has 0 bridgehead atoms. The van der Waals surface area contributed by atoms with Crippen molar-refractivity contribution in [3.8, 4) is 0 Å². The summed E-state index contributed by atoms with van der Waals surface area (Å²) in [5.41, 5.74) is 4.24. The van der Waals surface area contributed by atoms with Gasteiger partial charge in [0.15, 0.2) is 0 Å². The van der Waals surface area contributed by atoms with Gasteiger partial charge in [0, 0.05) is 5.57 Å². The molecule has 0 unspecified atom stereocenters. The first-order valence-electron chi connectivity index (χ1n) is 5.77. The predicted octanol–water partition coefficient (Wildman–Crippen LogP) is 3.93. The van der Waals surface area contributed by atoms with E-state index in [-0.39, 0.29) is 0 Å². The average molecular weight is 216 g/mol. The molecule has 0 aliphatic carbocycles. The predicted molar refractivity (Wildman–Crippen MR) is 69.4 cm³/mol. The largest absolute Gasteiger partial charge is 0.298 e. The summed E-state index contributed by atoms with van der Waals surface area (Å²) in [6.45, 7) is 8.42. The molecule has 0 N–H and O–H groups in total. The van der Waals surface area contributed by atoms with Crippen LogP contribution < -0.4 is 0 Å². The number of hydrogen-bond donors (Lipinski definition) is 0. The molecule has 0 radical (unpaired) electrons. The quantitative estimate of drug-likeness (QED) is 0.550. The molecule has 0 amide bonds. The van der Waals surface area contributed by atoms with Gasteiger partial charge in [-0.3, -0.25) is 4.79 Å². The second kappa shape index (κ2) is 5.64. The van der Waals surface area contributed by atoms with Gasteiger partial charge >= 0.3 is 0 Å². The molecule has 0 atom stereocenters. The van der Waals surface area contributed by atoms with Gasteiger partial charge in [-0.1, -0.05) is 49.2 Å². The van der Waals surface area contributed by atoms with E-state index in [9.17, 15) is 4.79 Å². The highest BCUT2D eigenvalue weighted by Crippen LogP contribution is 2.18. The fraction of sp³-hybridized carbons (Fsp3) is 0.400. The molecule has 0 aliphatic heterocycles. The Kier molecular flexibility index (Phi) is 4.48. The molecule has 86 valence electrons. The SMILES string of the molecule is Cc1cc(C)cc(C(C=O)=CCC(C)C)c1. The first kappa shape index (κ1) is 12.7. The summed E-state index contributed by atoms with van der Waals surface area (Å²) in [4.78, 5) is 11.1. The Bertz CT molecular complexity index is 380. The van der Waals surface area contributed by atoms with Crippen LogP contribution in [0.15, 0.2) is 24.3 Å². The fourth-order valence-electron chi connectivity index (χ4n) is 1.74. The topological polar surface area (TPSA) is 17.1 Å². The summed E-state index contributed by atoms with van der Waals surface area (Å²) < 4.78 is 0. The number of aldehydes is 1. The molecule has 0 saturated carbocycles. The van der Waals surface area contributed by atoms with Crippen molar-refractivity contribution in [1.29, 1.82) is 0 Å². The van der Waals surface area contributed by atoms with Crippen LogP contribution >= 0.6 is 0 Å². The van der Waals surface area contributed by atoms with Crippen molar-refractivity contribution in [1.82, 2.24) is 0 Å². The van der Waals surface area contributed by atoms with Crippen LogP contribution in [0.3, 0.4) is 0 Å². The number of hydrogen-bond acceptors (Lipinski definition) is 1. The van der Waals surface area contributed by atoms with Crippen molar-refractivity contribution in [3.05, 3.63) is 41.0 Å². The number of benzene rings is 1. The average Bonchev–Trinajstić information content (AvgIpc) is 2.16. The molecule has 0 aromatic heterocycles. The molecular weight excluding hydrogens is 196 g/mol. The van der Waals surface area contributed by atoms with Crippen molar-refractivity contribution in [2.45, 2.75) is 34.1 Å². The lowest BCUT2D eigenvalue weighted by Gasteiger charge is -2.05. The van der Waals surface area contributed by atoms with E-state index < -0.39 is 0 Å². The van der Waals surface area contributed by atoms with Gasteiger partial charge in [0.05, 0.1) is 0 Å². The number of carbonyl (C=O) groups excluding carboxylic acids is 1. The Labute approximate surface area is 98.2 Å². The van der Waals surface area contributed by atoms with Crippen LogP contribution in [0.4, 0.5) is 0 Å². The molecule has 16 heavy (non-hydrogen) atoms. The van der Waals surface area contributed by atoms with Crippen LogP contribution in [0.1, 0.15) is 37.0 Å². The zero-order valence-electron chi connectivity index (χ0n) is 10.6. The van der Waals surface area contributed by atoms with Crippen molar-refractivity contribution < 1.29 is 4.79 Å². The third-order valence-electron chi connectivity index (χ3n) is 2.49. The molecule has 0 aliphatic rings. The highest BCUT2D eigenvalue weighted by Gasteiger charge is 2.02. The van der Waals surface area contributed by atoms with E-state index in [0.717, 1.165) is 23.8 Å². The summed E-state index contributed by atoms with van der Waals surface area (Å²) >= 11 is 0. The lowest BCUT2D eigenvalue weighted by atomic mass is 9.99. The molecule has 1 heteroatoms. The summed E-state index contributed by atoms with van der Waals surface area (Å²) in [6, 6.07) is 6.25. The van der Waals surface area contributed by atoms with E-state index in [1.807, 2.05) is 6.08 Å². The molecule has 1 aromatic carbocycles. The fourth-order valence-corrected chi connectivity index (χ4v) is 1.74. The molecular formula is C15H20O. The zero-order valence-corrected chi connectivity index (χ0v) is 10.6. The van der Waals surface area contributed by atoms with Crippen LogP contribution in [-0.2, 0) is 4.79 Å². The smallest absolute Gasteiger partial charge is 0.150 e. The van der Waals surface area contributed by atoms with Gasteiger partial charge in [-0.15, -0.1) is 0 Å². The highest BCUT2D eigenvalue weighted by atomic mass is 16.1. The van der Waals surface area contributed by atoms with Gasteiger partial charge in [0.25, 0.3) is 0 Å². The van der Waals surface area contributed by atoms with E-state index in [2.05, 4.69) is 45.9 Å². The van der Waals surface area contributed by atoms with Crippen LogP contribution in [0.5, 0.6) is 0 Å². The van der Waals surface area contributed by atoms with E-state index in [1.165, 1.54) is 11.1 Å². The van der Waals surface area contributed by atoms with Crippen molar-refractivity contribution in [2.75, 3.05) is 0 Å². The summed E-state index contributed by atoms with van der Waals surface area (Å²) in [7, 11) is 0. The normalized spacial score (nSPS) is 11.9. The third-order valence-corrected chi connectivity index (χ3v) is 2.49. The highest BCUT2D eigenvalue weighted by molar-refractivity contribution is 6.06. The van der Waals surface area contributed by atoms with Gasteiger partial charge in [-0.2, -0.15) is 0 Å². The molecule has 1 nitrogen and oxygen atoms in total. The zero-order chi connectivity index (χ0) is 12.1. The van der Waals surface area contributed by atoms with Gasteiger partial charge in [-0.25, -0.2) is 0 Å². The minimum Gasteiger partial charge on any atom is -0.298 e. The molecule has 0 spiro atoms. The maximum absolute atomic E-state index is 11.1. The monoisotopic (exact) mass is 216 g/mol. The first-order chi connectivity index (χ1) is 7.52. The van der Waals surface area contributed by atoms with Crippen LogP contribution in [0.2, 0.25) is 0 Å². The Hall–Kier alpha value is -1.37. The Morgan fingerprint density at radius 2 is 1.75 bits per heavy atom. The second-order valence-corrected chi connectivity index (χ2v) is 4.78. The van der Waals surface area contributed by atoms with Gasteiger partial charge in [-0.05, 0) is 31.7 Å². The third kappa shape index (κ3) is 3.65. The number of aryl methyl sites for hydroxylation is 2. The Morgan fingerprint density at radius 1 is 1.19 bits per heavy atom. The standard InChI is InChI=1S/C15H20O/c1-11(2)5-6-14(10-16)15-8-12(3)7-13(4)9-15/h6-11H,5H2,1-4H3. The molecule has 0 fully saturated rings. The van der Waals surface area contributed by atoms with Gasteiger partial charge < -0.3 is 0 Å². The molecule has 0 saturated heterocycles. The van der Waals surface area contributed by atoms with Gasteiger partial charge in [0.2, 0.25) is 0 Å². The summed E-state index contributed by atoms with van der Waals surface area (Å²) in [6.07, 6.45) is 3.93. The van der Waals surface area contributed by atoms with Crippen molar-refractivity contribution in [3.63, 3.8) is 0 Å². The maximum atomic E-state index is 11.1. The van der Waals surface area contributed by atoms with Crippen LogP contribution in [0, 0.1) is 19.8 Å². The lowest BCUT2D eigenvalue weighted by Crippen LogP contribution is -1.91. The Balaban J connectivity index is 3.03. The molecule has 1 rings (SSSR count). The van der Waals surface area contributed by atoms with E-state index in [4.69, 9.17) is 0 Å². The lowest BCUT2D eigenvalue weighted by molar-refractivity contribution is -0.103. The summed E-state index contributed by atoms with van der Waals surface area (Å²) in [5, 5.41) is 0. The minimum absolute atomic E-state index is 0.584. The van der Waals surface area contributed by atoms with Crippen molar-refractivity contribution >= 4 is 11.9 Å². The van der Waals surface area contributed by atoms with Crippen LogP contribution in [0.25, 0.3) is 5.57 Å².